The minimum atomic E-state index is -3.81. The number of anilines is 2. The predicted molar refractivity (Wildman–Crippen MR) is 99.3 cm³/mol. The number of hydrogen-bond acceptors (Lipinski definition) is 4. The second-order valence-electron chi connectivity index (χ2n) is 5.92. The van der Waals surface area contributed by atoms with Crippen molar-refractivity contribution < 1.29 is 17.6 Å². The SMILES string of the molecule is Cc1cc(NC(=O)Cc2ccc(NS(=O)(=O)c3ccc(F)cc3)cc2)n[nH]1. The summed E-state index contributed by atoms with van der Waals surface area (Å²) in [5, 5.41) is 9.33. The zero-order chi connectivity index (χ0) is 19.4. The highest BCUT2D eigenvalue weighted by Gasteiger charge is 2.14. The van der Waals surface area contributed by atoms with Crippen LogP contribution in [0.25, 0.3) is 0 Å². The highest BCUT2D eigenvalue weighted by Crippen LogP contribution is 2.17. The molecule has 3 aromatic rings. The molecular formula is C18H17FN4O3S. The Hall–Kier alpha value is -3.20. The number of aromatic nitrogens is 2. The van der Waals surface area contributed by atoms with Crippen LogP contribution in [0.1, 0.15) is 11.3 Å². The highest BCUT2D eigenvalue weighted by atomic mass is 32.2. The Morgan fingerprint density at radius 3 is 2.37 bits per heavy atom. The van der Waals surface area contributed by atoms with Crippen molar-refractivity contribution in [3.63, 3.8) is 0 Å². The zero-order valence-corrected chi connectivity index (χ0v) is 15.2. The summed E-state index contributed by atoms with van der Waals surface area (Å²) < 4.78 is 39.9. The minimum Gasteiger partial charge on any atom is -0.309 e. The number of hydrogen-bond donors (Lipinski definition) is 3. The molecule has 9 heteroatoms. The molecule has 0 fully saturated rings. The van der Waals surface area contributed by atoms with Crippen LogP contribution in [0.4, 0.5) is 15.9 Å². The maximum absolute atomic E-state index is 12.9. The molecule has 1 heterocycles. The Labute approximate surface area is 155 Å². The van der Waals surface area contributed by atoms with Gasteiger partial charge in [0.15, 0.2) is 5.82 Å². The minimum absolute atomic E-state index is 0.0401. The quantitative estimate of drug-likeness (QED) is 0.604. The number of carbonyl (C=O) groups is 1. The largest absolute Gasteiger partial charge is 0.309 e. The van der Waals surface area contributed by atoms with E-state index in [2.05, 4.69) is 20.2 Å². The van der Waals surface area contributed by atoms with E-state index < -0.39 is 15.8 Å². The van der Waals surface area contributed by atoms with Crippen LogP contribution in [0.2, 0.25) is 0 Å². The van der Waals surface area contributed by atoms with Crippen LogP contribution in [0.3, 0.4) is 0 Å². The first-order chi connectivity index (χ1) is 12.8. The molecule has 0 aliphatic rings. The molecule has 0 atom stereocenters. The van der Waals surface area contributed by atoms with Gasteiger partial charge in [0.2, 0.25) is 5.91 Å². The fraction of sp³-hybridized carbons (Fsp3) is 0.111. The number of aromatic amines is 1. The molecule has 0 bridgehead atoms. The summed E-state index contributed by atoms with van der Waals surface area (Å²) in [5.74, 6) is -0.302. The van der Waals surface area contributed by atoms with Crippen molar-refractivity contribution in [2.45, 2.75) is 18.2 Å². The molecule has 2 aromatic carbocycles. The Morgan fingerprint density at radius 2 is 1.78 bits per heavy atom. The molecule has 0 unspecified atom stereocenters. The number of benzene rings is 2. The van der Waals surface area contributed by atoms with Crippen molar-refractivity contribution in [1.29, 1.82) is 0 Å². The van der Waals surface area contributed by atoms with Crippen molar-refractivity contribution in [2.24, 2.45) is 0 Å². The maximum atomic E-state index is 12.9. The molecule has 1 aromatic heterocycles. The predicted octanol–water partition coefficient (Wildman–Crippen LogP) is 2.84. The molecule has 0 aliphatic heterocycles. The van der Waals surface area contributed by atoms with Crippen molar-refractivity contribution in [2.75, 3.05) is 10.0 Å². The Balaban J connectivity index is 1.63. The van der Waals surface area contributed by atoms with Gasteiger partial charge < -0.3 is 5.32 Å². The van der Waals surface area contributed by atoms with Gasteiger partial charge in [-0.25, -0.2) is 12.8 Å². The molecule has 0 saturated carbocycles. The van der Waals surface area contributed by atoms with Gasteiger partial charge in [-0.2, -0.15) is 5.10 Å². The lowest BCUT2D eigenvalue weighted by molar-refractivity contribution is -0.115. The Morgan fingerprint density at radius 1 is 1.11 bits per heavy atom. The van der Waals surface area contributed by atoms with E-state index in [1.165, 1.54) is 12.1 Å². The molecular weight excluding hydrogens is 371 g/mol. The topological polar surface area (TPSA) is 104 Å². The summed E-state index contributed by atoms with van der Waals surface area (Å²) in [4.78, 5) is 12.0. The van der Waals surface area contributed by atoms with Crippen LogP contribution >= 0.6 is 0 Å². The average molecular weight is 388 g/mol. The summed E-state index contributed by atoms with van der Waals surface area (Å²) in [5.41, 5.74) is 1.89. The molecule has 3 N–H and O–H groups in total. The molecule has 0 spiro atoms. The molecule has 7 nitrogen and oxygen atoms in total. The van der Waals surface area contributed by atoms with Gasteiger partial charge in [0.25, 0.3) is 10.0 Å². The molecule has 0 saturated heterocycles. The number of H-pyrrole nitrogens is 1. The third-order valence-electron chi connectivity index (χ3n) is 3.67. The lowest BCUT2D eigenvalue weighted by atomic mass is 10.1. The number of amides is 1. The third-order valence-corrected chi connectivity index (χ3v) is 5.07. The van der Waals surface area contributed by atoms with E-state index in [0.717, 1.165) is 17.8 Å². The van der Waals surface area contributed by atoms with Crippen molar-refractivity contribution in [3.05, 3.63) is 71.7 Å². The van der Waals surface area contributed by atoms with Gasteiger partial charge >= 0.3 is 0 Å². The number of aryl methyl sites for hydroxylation is 1. The van der Waals surface area contributed by atoms with E-state index in [0.29, 0.717) is 17.1 Å². The van der Waals surface area contributed by atoms with Gasteiger partial charge in [0.05, 0.1) is 11.3 Å². The fourth-order valence-corrected chi connectivity index (χ4v) is 3.43. The average Bonchev–Trinajstić information content (AvgIpc) is 3.01. The number of nitrogens with one attached hydrogen (secondary N) is 3. The van der Waals surface area contributed by atoms with Gasteiger partial charge in [-0.3, -0.25) is 14.6 Å². The molecule has 140 valence electrons. The van der Waals surface area contributed by atoms with Gasteiger partial charge in [-0.15, -0.1) is 0 Å². The van der Waals surface area contributed by atoms with E-state index in [1.54, 1.807) is 30.3 Å². The van der Waals surface area contributed by atoms with Crippen molar-refractivity contribution in [1.82, 2.24) is 10.2 Å². The normalized spacial score (nSPS) is 11.2. The smallest absolute Gasteiger partial charge is 0.261 e. The van der Waals surface area contributed by atoms with Crippen LogP contribution in [0, 0.1) is 12.7 Å². The number of sulfonamides is 1. The summed E-state index contributed by atoms with van der Waals surface area (Å²) in [7, 11) is -3.81. The number of halogens is 1. The standard InChI is InChI=1S/C18H17FN4O3S/c1-12-10-17(22-21-12)20-18(24)11-13-2-6-15(7-3-13)23-27(25,26)16-8-4-14(19)5-9-16/h2-10,23H,11H2,1H3,(H2,20,21,22,24). The van der Waals surface area contributed by atoms with Crippen molar-refractivity contribution >= 4 is 27.4 Å². The zero-order valence-electron chi connectivity index (χ0n) is 14.4. The first-order valence-electron chi connectivity index (χ1n) is 8.01. The van der Waals surface area contributed by atoms with E-state index in [1.807, 2.05) is 6.92 Å². The van der Waals surface area contributed by atoms with Crippen LogP contribution in [0.15, 0.2) is 59.5 Å². The summed E-state index contributed by atoms with van der Waals surface area (Å²) in [6.45, 7) is 1.83. The lowest BCUT2D eigenvalue weighted by Crippen LogP contribution is -2.15. The van der Waals surface area contributed by atoms with Crippen molar-refractivity contribution in [3.8, 4) is 0 Å². The number of carbonyl (C=O) groups excluding carboxylic acids is 1. The van der Waals surface area contributed by atoms with Crippen LogP contribution < -0.4 is 10.0 Å². The van der Waals surface area contributed by atoms with E-state index in [4.69, 9.17) is 0 Å². The molecule has 27 heavy (non-hydrogen) atoms. The Bertz CT molecular complexity index is 1040. The van der Waals surface area contributed by atoms with Crippen LogP contribution in [-0.2, 0) is 21.2 Å². The monoisotopic (exact) mass is 388 g/mol. The van der Waals surface area contributed by atoms with Gasteiger partial charge in [0.1, 0.15) is 5.82 Å². The second-order valence-corrected chi connectivity index (χ2v) is 7.60. The van der Waals surface area contributed by atoms with Crippen LogP contribution in [0.5, 0.6) is 0 Å². The summed E-state index contributed by atoms with van der Waals surface area (Å²) in [6, 6.07) is 12.7. The van der Waals surface area contributed by atoms with Gasteiger partial charge in [-0.1, -0.05) is 12.1 Å². The fourth-order valence-electron chi connectivity index (χ4n) is 2.37. The molecule has 3 rings (SSSR count). The third kappa shape index (κ3) is 4.91. The lowest BCUT2D eigenvalue weighted by Gasteiger charge is -2.09. The number of nitrogens with zero attached hydrogens (tertiary/aromatic N) is 1. The second kappa shape index (κ2) is 7.58. The maximum Gasteiger partial charge on any atom is 0.261 e. The highest BCUT2D eigenvalue weighted by molar-refractivity contribution is 7.92. The molecule has 0 aliphatic carbocycles. The van der Waals surface area contributed by atoms with E-state index >= 15 is 0 Å². The molecule has 1 amide bonds. The van der Waals surface area contributed by atoms with Gasteiger partial charge in [-0.05, 0) is 48.9 Å². The van der Waals surface area contributed by atoms with E-state index in [-0.39, 0.29) is 17.2 Å². The number of rotatable bonds is 6. The first kappa shape index (κ1) is 18.6. The first-order valence-corrected chi connectivity index (χ1v) is 9.49. The Kier molecular flexibility index (Phi) is 5.22. The molecule has 0 radical (unpaired) electrons. The summed E-state index contributed by atoms with van der Waals surface area (Å²) >= 11 is 0. The van der Waals surface area contributed by atoms with Gasteiger partial charge in [0, 0.05) is 17.4 Å². The van der Waals surface area contributed by atoms with E-state index in [9.17, 15) is 17.6 Å². The van der Waals surface area contributed by atoms with Crippen LogP contribution in [-0.4, -0.2) is 24.5 Å². The summed E-state index contributed by atoms with van der Waals surface area (Å²) in [6.07, 6.45) is 0.122.